The van der Waals surface area contributed by atoms with Crippen molar-refractivity contribution in [3.8, 4) is 22.9 Å². The Morgan fingerprint density at radius 1 is 0.933 bits per heavy atom. The lowest BCUT2D eigenvalue weighted by atomic mass is 10.2. The van der Waals surface area contributed by atoms with E-state index >= 15 is 0 Å². The highest BCUT2D eigenvalue weighted by atomic mass is 16.5. The molecule has 0 aliphatic rings. The quantitative estimate of drug-likeness (QED) is 0.643. The number of nitrogens with one attached hydrogen (secondary N) is 2. The lowest BCUT2D eigenvalue weighted by molar-refractivity contribution is 0.102. The molecule has 1 amide bonds. The van der Waals surface area contributed by atoms with E-state index in [9.17, 15) is 14.4 Å². The molecule has 0 saturated heterocycles. The SMILES string of the molecule is COc1ccc(C)cc1NC(=O)c1c[nH]c(=O)n(-c2ccc(OC)c(OC)c2)c1=O. The maximum Gasteiger partial charge on any atom is 0.333 e. The lowest BCUT2D eigenvalue weighted by Crippen LogP contribution is -2.38. The number of aromatic nitrogens is 2. The van der Waals surface area contributed by atoms with Gasteiger partial charge in [0.15, 0.2) is 11.5 Å². The smallest absolute Gasteiger partial charge is 0.333 e. The number of ether oxygens (including phenoxy) is 3. The van der Waals surface area contributed by atoms with Crippen LogP contribution < -0.4 is 30.8 Å². The van der Waals surface area contributed by atoms with Crippen molar-refractivity contribution in [3.63, 3.8) is 0 Å². The Balaban J connectivity index is 2.05. The number of benzene rings is 2. The fraction of sp³-hybridized carbons (Fsp3) is 0.190. The summed E-state index contributed by atoms with van der Waals surface area (Å²) in [5.74, 6) is 0.528. The minimum atomic E-state index is -0.782. The van der Waals surface area contributed by atoms with Gasteiger partial charge >= 0.3 is 5.69 Å². The molecule has 9 heteroatoms. The summed E-state index contributed by atoms with van der Waals surface area (Å²) in [5, 5.41) is 2.65. The summed E-state index contributed by atoms with van der Waals surface area (Å²) in [6.45, 7) is 1.86. The van der Waals surface area contributed by atoms with E-state index in [0.29, 0.717) is 22.9 Å². The molecule has 9 nitrogen and oxygen atoms in total. The molecule has 3 rings (SSSR count). The third-order valence-corrected chi connectivity index (χ3v) is 4.45. The van der Waals surface area contributed by atoms with E-state index in [2.05, 4.69) is 10.3 Å². The van der Waals surface area contributed by atoms with Crippen LogP contribution in [0.25, 0.3) is 5.69 Å². The predicted octanol–water partition coefficient (Wildman–Crippen LogP) is 2.11. The largest absolute Gasteiger partial charge is 0.495 e. The van der Waals surface area contributed by atoms with Crippen LogP contribution in [0.15, 0.2) is 52.2 Å². The topological polar surface area (TPSA) is 112 Å². The molecule has 2 aromatic carbocycles. The standard InChI is InChI=1S/C21H21N3O6/c1-12-5-7-16(28-2)15(9-12)23-19(25)14-11-22-21(27)24(20(14)26)13-6-8-17(29-3)18(10-13)30-4/h5-11H,1-4H3,(H,22,27)(H,23,25). The van der Waals surface area contributed by atoms with Crippen molar-refractivity contribution in [2.45, 2.75) is 6.92 Å². The second-order valence-electron chi connectivity index (χ2n) is 6.35. The molecule has 2 N–H and O–H groups in total. The fourth-order valence-electron chi connectivity index (χ4n) is 2.94. The summed E-state index contributed by atoms with van der Waals surface area (Å²) in [6, 6.07) is 9.81. The van der Waals surface area contributed by atoms with Gasteiger partial charge in [0.1, 0.15) is 11.3 Å². The minimum Gasteiger partial charge on any atom is -0.495 e. The van der Waals surface area contributed by atoms with Crippen LogP contribution in [0, 0.1) is 6.92 Å². The first kappa shape index (κ1) is 20.7. The maximum absolute atomic E-state index is 13.0. The second-order valence-corrected chi connectivity index (χ2v) is 6.35. The Kier molecular flexibility index (Phi) is 5.91. The molecule has 0 atom stereocenters. The monoisotopic (exact) mass is 411 g/mol. The Hall–Kier alpha value is -4.01. The van der Waals surface area contributed by atoms with Gasteiger partial charge < -0.3 is 24.5 Å². The van der Waals surface area contributed by atoms with Gasteiger partial charge in [0, 0.05) is 12.3 Å². The number of carbonyl (C=O) groups excluding carboxylic acids is 1. The molecule has 0 aliphatic heterocycles. The summed E-state index contributed by atoms with van der Waals surface area (Å²) in [6.07, 6.45) is 1.08. The Morgan fingerprint density at radius 3 is 2.27 bits per heavy atom. The number of nitrogens with zero attached hydrogens (tertiary/aromatic N) is 1. The van der Waals surface area contributed by atoms with E-state index in [-0.39, 0.29) is 11.3 Å². The van der Waals surface area contributed by atoms with Crippen molar-refractivity contribution in [1.29, 1.82) is 0 Å². The van der Waals surface area contributed by atoms with Gasteiger partial charge in [-0.2, -0.15) is 0 Å². The molecule has 0 unspecified atom stereocenters. The summed E-state index contributed by atoms with van der Waals surface area (Å²) >= 11 is 0. The van der Waals surface area contributed by atoms with Gasteiger partial charge in [0.2, 0.25) is 0 Å². The number of aromatic amines is 1. The van der Waals surface area contributed by atoms with Crippen molar-refractivity contribution in [1.82, 2.24) is 9.55 Å². The lowest BCUT2D eigenvalue weighted by Gasteiger charge is -2.13. The average Bonchev–Trinajstić information content (AvgIpc) is 2.73. The van der Waals surface area contributed by atoms with Gasteiger partial charge in [-0.25, -0.2) is 9.36 Å². The van der Waals surface area contributed by atoms with E-state index in [1.165, 1.54) is 33.5 Å². The predicted molar refractivity (Wildman–Crippen MR) is 111 cm³/mol. The van der Waals surface area contributed by atoms with E-state index in [0.717, 1.165) is 16.3 Å². The molecule has 0 saturated carbocycles. The van der Waals surface area contributed by atoms with Gasteiger partial charge in [-0.15, -0.1) is 0 Å². The highest BCUT2D eigenvalue weighted by molar-refractivity contribution is 6.04. The summed E-state index contributed by atoms with van der Waals surface area (Å²) in [7, 11) is 4.39. The number of anilines is 1. The number of aryl methyl sites for hydroxylation is 1. The number of amides is 1. The molecule has 1 aromatic heterocycles. The molecule has 0 radical (unpaired) electrons. The highest BCUT2D eigenvalue weighted by Crippen LogP contribution is 2.28. The first-order valence-electron chi connectivity index (χ1n) is 8.92. The van der Waals surface area contributed by atoms with Crippen LogP contribution in [0.5, 0.6) is 17.2 Å². The maximum atomic E-state index is 13.0. The van der Waals surface area contributed by atoms with Crippen LogP contribution >= 0.6 is 0 Å². The molecule has 0 bridgehead atoms. The molecule has 1 heterocycles. The van der Waals surface area contributed by atoms with Crippen LogP contribution in [0.1, 0.15) is 15.9 Å². The number of methoxy groups -OCH3 is 3. The Morgan fingerprint density at radius 2 is 1.60 bits per heavy atom. The van der Waals surface area contributed by atoms with E-state index < -0.39 is 17.2 Å². The molecular formula is C21H21N3O6. The van der Waals surface area contributed by atoms with Gasteiger partial charge in [0.05, 0.1) is 32.7 Å². The molecule has 156 valence electrons. The molecule has 0 aliphatic carbocycles. The average molecular weight is 411 g/mol. The third kappa shape index (κ3) is 3.90. The van der Waals surface area contributed by atoms with Crippen molar-refractivity contribution < 1.29 is 19.0 Å². The number of hydrogen-bond acceptors (Lipinski definition) is 6. The molecule has 30 heavy (non-hydrogen) atoms. The van der Waals surface area contributed by atoms with Gasteiger partial charge in [-0.3, -0.25) is 9.59 Å². The summed E-state index contributed by atoms with van der Waals surface area (Å²) < 4.78 is 16.5. The Bertz CT molecular complexity index is 1210. The number of rotatable bonds is 6. The van der Waals surface area contributed by atoms with Crippen molar-refractivity contribution in [2.24, 2.45) is 0 Å². The zero-order chi connectivity index (χ0) is 21.8. The van der Waals surface area contributed by atoms with Gasteiger partial charge in [0.25, 0.3) is 11.5 Å². The normalized spacial score (nSPS) is 10.4. The van der Waals surface area contributed by atoms with Crippen molar-refractivity contribution in [3.05, 3.63) is 74.6 Å². The molecule has 0 fully saturated rings. The van der Waals surface area contributed by atoms with Crippen LogP contribution in [0.2, 0.25) is 0 Å². The summed E-state index contributed by atoms with van der Waals surface area (Å²) in [5.41, 5.74) is -0.192. The number of carbonyl (C=O) groups is 1. The highest BCUT2D eigenvalue weighted by Gasteiger charge is 2.18. The zero-order valence-corrected chi connectivity index (χ0v) is 16.9. The molecule has 0 spiro atoms. The van der Waals surface area contributed by atoms with Gasteiger partial charge in [-0.1, -0.05) is 6.07 Å². The van der Waals surface area contributed by atoms with Gasteiger partial charge in [-0.05, 0) is 36.8 Å². The summed E-state index contributed by atoms with van der Waals surface area (Å²) in [4.78, 5) is 40.5. The van der Waals surface area contributed by atoms with E-state index in [1.807, 2.05) is 13.0 Å². The van der Waals surface area contributed by atoms with Crippen LogP contribution in [-0.4, -0.2) is 36.8 Å². The van der Waals surface area contributed by atoms with E-state index in [4.69, 9.17) is 14.2 Å². The number of H-pyrrole nitrogens is 1. The van der Waals surface area contributed by atoms with Crippen molar-refractivity contribution in [2.75, 3.05) is 26.6 Å². The van der Waals surface area contributed by atoms with E-state index in [1.54, 1.807) is 18.2 Å². The Labute approximate surface area is 171 Å². The van der Waals surface area contributed by atoms with Crippen molar-refractivity contribution >= 4 is 11.6 Å². The third-order valence-electron chi connectivity index (χ3n) is 4.45. The zero-order valence-electron chi connectivity index (χ0n) is 16.9. The first-order valence-corrected chi connectivity index (χ1v) is 8.92. The molecular weight excluding hydrogens is 390 g/mol. The molecule has 3 aromatic rings. The van der Waals surface area contributed by atoms with Crippen LogP contribution in [0.3, 0.4) is 0 Å². The minimum absolute atomic E-state index is 0.224. The second kappa shape index (κ2) is 8.56. The van der Waals surface area contributed by atoms with Crippen LogP contribution in [0.4, 0.5) is 5.69 Å². The number of hydrogen-bond donors (Lipinski definition) is 2. The first-order chi connectivity index (χ1) is 14.4. The fourth-order valence-corrected chi connectivity index (χ4v) is 2.94. The van der Waals surface area contributed by atoms with Crippen LogP contribution in [-0.2, 0) is 0 Å².